The number of ether oxygens (including phenoxy) is 1. The van der Waals surface area contributed by atoms with Crippen molar-refractivity contribution in [1.29, 1.82) is 0 Å². The van der Waals surface area contributed by atoms with Crippen LogP contribution in [0.3, 0.4) is 0 Å². The quantitative estimate of drug-likeness (QED) is 0.865. The highest BCUT2D eigenvalue weighted by atomic mass is 16.5. The van der Waals surface area contributed by atoms with Crippen LogP contribution in [0.15, 0.2) is 48.5 Å². The third-order valence-corrected chi connectivity index (χ3v) is 3.26. The van der Waals surface area contributed by atoms with Gasteiger partial charge in [-0.1, -0.05) is 56.0 Å². The summed E-state index contributed by atoms with van der Waals surface area (Å²) in [5, 5.41) is 8.79. The van der Waals surface area contributed by atoms with E-state index in [2.05, 4.69) is 37.8 Å². The Balaban J connectivity index is 2.06. The fourth-order valence-corrected chi connectivity index (χ4v) is 2.01. The summed E-state index contributed by atoms with van der Waals surface area (Å²) in [6, 6.07) is 16.0. The molecule has 2 rings (SSSR count). The molecular formula is C19H20O2. The zero-order valence-electron chi connectivity index (χ0n) is 12.5. The molecule has 108 valence electrons. The second-order valence-electron chi connectivity index (χ2n) is 5.13. The average Bonchev–Trinajstić information content (AvgIpc) is 2.52. The van der Waals surface area contributed by atoms with Crippen LogP contribution >= 0.6 is 0 Å². The maximum absolute atomic E-state index is 8.79. The van der Waals surface area contributed by atoms with Gasteiger partial charge in [0.2, 0.25) is 0 Å². The summed E-state index contributed by atoms with van der Waals surface area (Å²) in [6.07, 6.45) is 0. The van der Waals surface area contributed by atoms with Gasteiger partial charge in [-0.3, -0.25) is 0 Å². The van der Waals surface area contributed by atoms with Crippen molar-refractivity contribution in [2.24, 2.45) is 0 Å². The van der Waals surface area contributed by atoms with E-state index in [-0.39, 0.29) is 6.61 Å². The van der Waals surface area contributed by atoms with Crippen molar-refractivity contribution in [1.82, 2.24) is 0 Å². The summed E-state index contributed by atoms with van der Waals surface area (Å²) in [5.41, 5.74) is 3.22. The summed E-state index contributed by atoms with van der Waals surface area (Å²) in [4.78, 5) is 0. The molecule has 21 heavy (non-hydrogen) atoms. The number of aliphatic hydroxyl groups is 1. The van der Waals surface area contributed by atoms with E-state index in [1.165, 1.54) is 5.56 Å². The van der Waals surface area contributed by atoms with Crippen LogP contribution in [0.1, 0.15) is 36.5 Å². The van der Waals surface area contributed by atoms with Crippen LogP contribution in [-0.2, 0) is 6.61 Å². The Kier molecular flexibility index (Phi) is 5.43. The van der Waals surface area contributed by atoms with Crippen LogP contribution in [0.2, 0.25) is 0 Å². The van der Waals surface area contributed by atoms with E-state index in [9.17, 15) is 0 Å². The zero-order chi connectivity index (χ0) is 15.1. The van der Waals surface area contributed by atoms with Crippen molar-refractivity contribution in [3.8, 4) is 17.6 Å². The first-order valence-corrected chi connectivity index (χ1v) is 7.11. The summed E-state index contributed by atoms with van der Waals surface area (Å²) in [5.74, 6) is 6.99. The molecule has 2 aromatic rings. The fraction of sp³-hybridized carbons (Fsp3) is 0.263. The monoisotopic (exact) mass is 280 g/mol. The highest BCUT2D eigenvalue weighted by Gasteiger charge is 2.02. The smallest absolute Gasteiger partial charge is 0.119 e. The molecule has 0 aliphatic rings. The Morgan fingerprint density at radius 2 is 1.76 bits per heavy atom. The Morgan fingerprint density at radius 3 is 2.43 bits per heavy atom. The standard InChI is InChI=1S/C19H20O2/c1-15(2)16-9-11-19(12-10-16)21-14-18-7-4-3-6-17(18)8-5-13-20/h3-4,6-7,9-12,15,20H,13-14H2,1-2H3. The highest BCUT2D eigenvalue weighted by molar-refractivity contribution is 5.41. The maximum atomic E-state index is 8.79. The third-order valence-electron chi connectivity index (χ3n) is 3.26. The molecule has 0 heterocycles. The topological polar surface area (TPSA) is 29.5 Å². The molecule has 2 nitrogen and oxygen atoms in total. The van der Waals surface area contributed by atoms with Crippen molar-refractivity contribution in [3.05, 3.63) is 65.2 Å². The molecule has 0 bridgehead atoms. The lowest BCUT2D eigenvalue weighted by atomic mass is 10.0. The van der Waals surface area contributed by atoms with Gasteiger partial charge in [0.1, 0.15) is 19.0 Å². The molecule has 2 heteroatoms. The molecule has 0 atom stereocenters. The van der Waals surface area contributed by atoms with Gasteiger partial charge in [0.15, 0.2) is 0 Å². The summed E-state index contributed by atoms with van der Waals surface area (Å²) in [7, 11) is 0. The van der Waals surface area contributed by atoms with Gasteiger partial charge < -0.3 is 9.84 Å². The van der Waals surface area contributed by atoms with Crippen molar-refractivity contribution in [2.45, 2.75) is 26.4 Å². The normalized spacial score (nSPS) is 10.1. The lowest BCUT2D eigenvalue weighted by Crippen LogP contribution is -1.98. The van der Waals surface area contributed by atoms with Crippen molar-refractivity contribution >= 4 is 0 Å². The van der Waals surface area contributed by atoms with Gasteiger partial charge in [0.25, 0.3) is 0 Å². The number of aliphatic hydroxyl groups excluding tert-OH is 1. The molecule has 0 saturated heterocycles. The van der Waals surface area contributed by atoms with Gasteiger partial charge in [-0.15, -0.1) is 0 Å². The van der Waals surface area contributed by atoms with Gasteiger partial charge in [0, 0.05) is 11.1 Å². The van der Waals surface area contributed by atoms with Gasteiger partial charge in [-0.2, -0.15) is 0 Å². The predicted molar refractivity (Wildman–Crippen MR) is 85.3 cm³/mol. The Hall–Kier alpha value is -2.24. The maximum Gasteiger partial charge on any atom is 0.119 e. The fourth-order valence-electron chi connectivity index (χ4n) is 2.01. The zero-order valence-corrected chi connectivity index (χ0v) is 12.5. The predicted octanol–water partition coefficient (Wildman–Crippen LogP) is 3.73. The molecule has 0 spiro atoms. The number of benzene rings is 2. The van der Waals surface area contributed by atoms with Crippen LogP contribution in [0, 0.1) is 11.8 Å². The first kappa shape index (κ1) is 15.2. The van der Waals surface area contributed by atoms with E-state index in [1.807, 2.05) is 36.4 Å². The van der Waals surface area contributed by atoms with E-state index in [4.69, 9.17) is 9.84 Å². The minimum Gasteiger partial charge on any atom is -0.489 e. The van der Waals surface area contributed by atoms with E-state index >= 15 is 0 Å². The lowest BCUT2D eigenvalue weighted by Gasteiger charge is -2.10. The second-order valence-corrected chi connectivity index (χ2v) is 5.13. The minimum absolute atomic E-state index is 0.133. The molecule has 0 saturated carbocycles. The summed E-state index contributed by atoms with van der Waals surface area (Å²) >= 11 is 0. The van der Waals surface area contributed by atoms with Gasteiger partial charge in [-0.25, -0.2) is 0 Å². The number of hydrogen-bond donors (Lipinski definition) is 1. The van der Waals surface area contributed by atoms with Gasteiger partial charge in [0.05, 0.1) is 0 Å². The van der Waals surface area contributed by atoms with E-state index < -0.39 is 0 Å². The lowest BCUT2D eigenvalue weighted by molar-refractivity contribution is 0.306. The SMILES string of the molecule is CC(C)c1ccc(OCc2ccccc2C#CCO)cc1. The molecule has 0 radical (unpaired) electrons. The van der Waals surface area contributed by atoms with Crippen LogP contribution in [0.4, 0.5) is 0 Å². The van der Waals surface area contributed by atoms with Crippen molar-refractivity contribution < 1.29 is 9.84 Å². The van der Waals surface area contributed by atoms with Crippen LogP contribution in [-0.4, -0.2) is 11.7 Å². The van der Waals surface area contributed by atoms with E-state index in [0.29, 0.717) is 12.5 Å². The largest absolute Gasteiger partial charge is 0.489 e. The minimum atomic E-state index is -0.133. The Morgan fingerprint density at radius 1 is 1.05 bits per heavy atom. The first-order valence-electron chi connectivity index (χ1n) is 7.11. The van der Waals surface area contributed by atoms with Crippen molar-refractivity contribution in [2.75, 3.05) is 6.61 Å². The molecular weight excluding hydrogens is 260 g/mol. The van der Waals surface area contributed by atoms with E-state index in [0.717, 1.165) is 16.9 Å². The van der Waals surface area contributed by atoms with Gasteiger partial charge in [-0.05, 0) is 29.7 Å². The molecule has 0 aliphatic heterocycles. The second kappa shape index (κ2) is 7.52. The third kappa shape index (κ3) is 4.37. The molecule has 0 aromatic heterocycles. The Labute approximate surface area is 126 Å². The first-order chi connectivity index (χ1) is 10.2. The molecule has 1 N–H and O–H groups in total. The summed E-state index contributed by atoms with van der Waals surface area (Å²) < 4.78 is 5.82. The van der Waals surface area contributed by atoms with E-state index in [1.54, 1.807) is 0 Å². The van der Waals surface area contributed by atoms with Crippen LogP contribution in [0.5, 0.6) is 5.75 Å². The number of hydrogen-bond acceptors (Lipinski definition) is 2. The van der Waals surface area contributed by atoms with Crippen LogP contribution in [0.25, 0.3) is 0 Å². The van der Waals surface area contributed by atoms with Gasteiger partial charge >= 0.3 is 0 Å². The molecule has 0 unspecified atom stereocenters. The van der Waals surface area contributed by atoms with Crippen LogP contribution < -0.4 is 4.74 Å². The van der Waals surface area contributed by atoms with Crippen molar-refractivity contribution in [3.63, 3.8) is 0 Å². The summed E-state index contributed by atoms with van der Waals surface area (Å²) in [6.45, 7) is 4.68. The molecule has 2 aromatic carbocycles. The number of rotatable bonds is 4. The highest BCUT2D eigenvalue weighted by Crippen LogP contribution is 2.20. The molecule has 0 aliphatic carbocycles. The molecule has 0 amide bonds. The Bertz CT molecular complexity index is 631. The molecule has 0 fully saturated rings. The average molecular weight is 280 g/mol.